The highest BCUT2D eigenvalue weighted by Gasteiger charge is 2.11. The Bertz CT molecular complexity index is 356. The van der Waals surface area contributed by atoms with E-state index in [2.05, 4.69) is 29.8 Å². The minimum absolute atomic E-state index is 0.260. The summed E-state index contributed by atoms with van der Waals surface area (Å²) in [5, 5.41) is 0. The normalized spacial score (nSPS) is 15.0. The monoisotopic (exact) mass is 249 g/mol. The minimum Gasteiger partial charge on any atom is -0.463 e. The SMILES string of the molecule is C=C(CCCN1C=C(/C=C/C)CC1)C(=O)OCC. The van der Waals surface area contributed by atoms with E-state index in [-0.39, 0.29) is 5.97 Å². The Morgan fingerprint density at radius 2 is 2.39 bits per heavy atom. The lowest BCUT2D eigenvalue weighted by molar-refractivity contribution is -0.138. The van der Waals surface area contributed by atoms with Crippen LogP contribution in [0.1, 0.15) is 33.1 Å². The Hall–Kier alpha value is -1.51. The number of allylic oxidation sites excluding steroid dienone is 2. The van der Waals surface area contributed by atoms with Crippen molar-refractivity contribution in [3.63, 3.8) is 0 Å². The first-order valence-corrected chi connectivity index (χ1v) is 6.59. The Kier molecular flexibility index (Phi) is 6.26. The standard InChI is InChI=1S/C15H23NO2/c1-4-7-14-9-11-16(12-14)10-6-8-13(3)15(17)18-5-2/h4,7,12H,3,5-6,8-11H2,1-2H3/b7-4+. The Morgan fingerprint density at radius 1 is 1.61 bits per heavy atom. The molecule has 0 bridgehead atoms. The molecule has 18 heavy (non-hydrogen) atoms. The third-order valence-electron chi connectivity index (χ3n) is 2.90. The molecule has 0 atom stereocenters. The van der Waals surface area contributed by atoms with Crippen molar-refractivity contribution in [2.24, 2.45) is 0 Å². The van der Waals surface area contributed by atoms with Crippen LogP contribution in [-0.2, 0) is 9.53 Å². The summed E-state index contributed by atoms with van der Waals surface area (Å²) >= 11 is 0. The van der Waals surface area contributed by atoms with Crippen LogP contribution in [0.3, 0.4) is 0 Å². The van der Waals surface area contributed by atoms with Crippen LogP contribution in [0.15, 0.2) is 36.1 Å². The van der Waals surface area contributed by atoms with Crippen LogP contribution in [0.5, 0.6) is 0 Å². The van der Waals surface area contributed by atoms with Crippen LogP contribution in [0.2, 0.25) is 0 Å². The van der Waals surface area contributed by atoms with Crippen molar-refractivity contribution in [3.8, 4) is 0 Å². The molecule has 0 aromatic carbocycles. The number of nitrogens with zero attached hydrogens (tertiary/aromatic N) is 1. The van der Waals surface area contributed by atoms with Crippen molar-refractivity contribution in [1.29, 1.82) is 0 Å². The van der Waals surface area contributed by atoms with E-state index >= 15 is 0 Å². The molecule has 0 aromatic rings. The summed E-state index contributed by atoms with van der Waals surface area (Å²) in [6.45, 7) is 10.1. The molecule has 0 saturated carbocycles. The summed E-state index contributed by atoms with van der Waals surface area (Å²) in [4.78, 5) is 13.7. The van der Waals surface area contributed by atoms with Gasteiger partial charge >= 0.3 is 5.97 Å². The lowest BCUT2D eigenvalue weighted by Crippen LogP contribution is -2.16. The van der Waals surface area contributed by atoms with E-state index in [1.165, 1.54) is 5.57 Å². The molecular formula is C15H23NO2. The molecule has 0 aromatic heterocycles. The highest BCUT2D eigenvalue weighted by atomic mass is 16.5. The van der Waals surface area contributed by atoms with Gasteiger partial charge in [-0.2, -0.15) is 0 Å². The van der Waals surface area contributed by atoms with Crippen LogP contribution < -0.4 is 0 Å². The molecule has 0 fully saturated rings. The van der Waals surface area contributed by atoms with Gasteiger partial charge in [0, 0.05) is 24.9 Å². The fourth-order valence-corrected chi connectivity index (χ4v) is 1.98. The zero-order chi connectivity index (χ0) is 13.4. The van der Waals surface area contributed by atoms with Crippen molar-refractivity contribution >= 4 is 5.97 Å². The molecule has 0 amide bonds. The van der Waals surface area contributed by atoms with Gasteiger partial charge in [0.2, 0.25) is 0 Å². The number of carbonyl (C=O) groups excluding carboxylic acids is 1. The quantitative estimate of drug-likeness (QED) is 0.513. The molecule has 0 radical (unpaired) electrons. The molecule has 0 spiro atoms. The second kappa shape index (κ2) is 7.75. The zero-order valence-electron chi connectivity index (χ0n) is 11.4. The molecule has 1 rings (SSSR count). The van der Waals surface area contributed by atoms with Crippen LogP contribution in [0, 0.1) is 0 Å². The maximum atomic E-state index is 11.4. The van der Waals surface area contributed by atoms with Gasteiger partial charge in [-0.1, -0.05) is 18.7 Å². The summed E-state index contributed by atoms with van der Waals surface area (Å²) in [7, 11) is 0. The number of esters is 1. The van der Waals surface area contributed by atoms with Gasteiger partial charge in [-0.15, -0.1) is 0 Å². The molecule has 100 valence electrons. The predicted octanol–water partition coefficient (Wildman–Crippen LogP) is 3.05. The Morgan fingerprint density at radius 3 is 3.06 bits per heavy atom. The van der Waals surface area contributed by atoms with Crippen molar-refractivity contribution in [1.82, 2.24) is 4.90 Å². The average Bonchev–Trinajstić information content (AvgIpc) is 2.77. The highest BCUT2D eigenvalue weighted by molar-refractivity contribution is 5.87. The van der Waals surface area contributed by atoms with E-state index in [1.54, 1.807) is 0 Å². The summed E-state index contributed by atoms with van der Waals surface area (Å²) in [5.74, 6) is -0.260. The van der Waals surface area contributed by atoms with Gasteiger partial charge in [0.15, 0.2) is 0 Å². The molecule has 3 heteroatoms. The lowest BCUT2D eigenvalue weighted by atomic mass is 10.1. The van der Waals surface area contributed by atoms with Gasteiger partial charge in [-0.25, -0.2) is 4.79 Å². The summed E-state index contributed by atoms with van der Waals surface area (Å²) in [5.41, 5.74) is 1.95. The van der Waals surface area contributed by atoms with Crippen molar-refractivity contribution < 1.29 is 9.53 Å². The van der Waals surface area contributed by atoms with Crippen LogP contribution in [0.4, 0.5) is 0 Å². The van der Waals surface area contributed by atoms with E-state index in [4.69, 9.17) is 4.74 Å². The molecule has 0 unspecified atom stereocenters. The maximum absolute atomic E-state index is 11.4. The minimum atomic E-state index is -0.260. The summed E-state index contributed by atoms with van der Waals surface area (Å²) in [6, 6.07) is 0. The first kappa shape index (κ1) is 14.6. The number of hydrogen-bond donors (Lipinski definition) is 0. The predicted molar refractivity (Wildman–Crippen MR) is 74.1 cm³/mol. The molecule has 1 heterocycles. The number of hydrogen-bond acceptors (Lipinski definition) is 3. The molecule has 0 saturated heterocycles. The van der Waals surface area contributed by atoms with Gasteiger partial charge in [0.25, 0.3) is 0 Å². The van der Waals surface area contributed by atoms with E-state index < -0.39 is 0 Å². The molecule has 3 nitrogen and oxygen atoms in total. The topological polar surface area (TPSA) is 29.5 Å². The third-order valence-corrected chi connectivity index (χ3v) is 2.90. The largest absolute Gasteiger partial charge is 0.463 e. The van der Waals surface area contributed by atoms with Crippen LogP contribution in [0.25, 0.3) is 0 Å². The second-order valence-corrected chi connectivity index (χ2v) is 4.42. The van der Waals surface area contributed by atoms with Crippen molar-refractivity contribution in [3.05, 3.63) is 36.1 Å². The van der Waals surface area contributed by atoms with Gasteiger partial charge < -0.3 is 9.64 Å². The fraction of sp³-hybridized carbons (Fsp3) is 0.533. The lowest BCUT2D eigenvalue weighted by Gasteiger charge is -2.14. The smallest absolute Gasteiger partial charge is 0.333 e. The fourth-order valence-electron chi connectivity index (χ4n) is 1.98. The highest BCUT2D eigenvalue weighted by Crippen LogP contribution is 2.16. The average molecular weight is 249 g/mol. The molecular weight excluding hydrogens is 226 g/mol. The first-order valence-electron chi connectivity index (χ1n) is 6.59. The van der Waals surface area contributed by atoms with Gasteiger partial charge in [-0.3, -0.25) is 0 Å². The van der Waals surface area contributed by atoms with E-state index in [9.17, 15) is 4.79 Å². The second-order valence-electron chi connectivity index (χ2n) is 4.42. The summed E-state index contributed by atoms with van der Waals surface area (Å²) < 4.78 is 4.90. The number of rotatable bonds is 7. The Balaban J connectivity index is 2.23. The van der Waals surface area contributed by atoms with E-state index in [0.29, 0.717) is 18.6 Å². The zero-order valence-corrected chi connectivity index (χ0v) is 11.4. The molecule has 1 aliphatic heterocycles. The molecule has 1 aliphatic rings. The summed E-state index contributed by atoms with van der Waals surface area (Å²) in [6.07, 6.45) is 9.19. The van der Waals surface area contributed by atoms with Crippen LogP contribution >= 0.6 is 0 Å². The van der Waals surface area contributed by atoms with Gasteiger partial charge in [0.05, 0.1) is 6.61 Å². The van der Waals surface area contributed by atoms with Gasteiger partial charge in [-0.05, 0) is 38.7 Å². The number of ether oxygens (including phenoxy) is 1. The first-order chi connectivity index (χ1) is 8.67. The Labute approximate surface area is 110 Å². The van der Waals surface area contributed by atoms with E-state index in [1.807, 2.05) is 13.8 Å². The van der Waals surface area contributed by atoms with Crippen molar-refractivity contribution in [2.45, 2.75) is 33.1 Å². The van der Waals surface area contributed by atoms with Crippen LogP contribution in [-0.4, -0.2) is 30.6 Å². The third kappa shape index (κ3) is 4.78. The van der Waals surface area contributed by atoms with E-state index in [0.717, 1.165) is 25.9 Å². The van der Waals surface area contributed by atoms with Crippen molar-refractivity contribution in [2.75, 3.05) is 19.7 Å². The number of carbonyl (C=O) groups is 1. The van der Waals surface area contributed by atoms with Gasteiger partial charge in [0.1, 0.15) is 0 Å². The molecule has 0 N–H and O–H groups in total. The molecule has 0 aliphatic carbocycles. The maximum Gasteiger partial charge on any atom is 0.333 e.